The molecule has 2 unspecified atom stereocenters. The number of hydrogen-bond donors (Lipinski definition) is 2. The van der Waals surface area contributed by atoms with Crippen molar-refractivity contribution in [1.82, 2.24) is 4.72 Å². The predicted octanol–water partition coefficient (Wildman–Crippen LogP) is 6.72. The fourth-order valence-corrected chi connectivity index (χ4v) is 8.94. The SMILES string of the molecule is C[C@@H]1C/C=C/[C@H](O)[C@@H]2CCC2CN2CCCCc3cc(Cl)ccc3COc3ccc(cc32)C(=O)NS(=O)(=O)C1Cc1ccccc1. The van der Waals surface area contributed by atoms with Crippen molar-refractivity contribution in [2.45, 2.75) is 69.8 Å². The van der Waals surface area contributed by atoms with Crippen LogP contribution in [0.2, 0.25) is 5.02 Å². The number of anilines is 1. The van der Waals surface area contributed by atoms with Crippen molar-refractivity contribution in [2.75, 3.05) is 18.0 Å². The van der Waals surface area contributed by atoms with Gasteiger partial charge >= 0.3 is 0 Å². The summed E-state index contributed by atoms with van der Waals surface area (Å²) in [5.41, 5.74) is 4.15. The fraction of sp³-hybridized carbons (Fsp3) is 0.432. The van der Waals surface area contributed by atoms with Crippen LogP contribution in [0.4, 0.5) is 5.69 Å². The third kappa shape index (κ3) is 7.45. The Bertz CT molecular complexity index is 1680. The van der Waals surface area contributed by atoms with Crippen LogP contribution >= 0.6 is 11.6 Å². The number of carbonyl (C=O) groups excluding carboxylic acids is 1. The van der Waals surface area contributed by atoms with Gasteiger partial charge in [-0.3, -0.25) is 4.79 Å². The smallest absolute Gasteiger partial charge is 0.264 e. The summed E-state index contributed by atoms with van der Waals surface area (Å²) in [6.45, 7) is 3.69. The molecule has 0 saturated heterocycles. The quantitative estimate of drug-likeness (QED) is 0.296. The Labute approximate surface area is 277 Å². The van der Waals surface area contributed by atoms with Gasteiger partial charge in [0.15, 0.2) is 0 Å². The lowest BCUT2D eigenvalue weighted by Crippen LogP contribution is -2.44. The highest BCUT2D eigenvalue weighted by Crippen LogP contribution is 2.41. The molecule has 9 heteroatoms. The average Bonchev–Trinajstić information content (AvgIpc) is 3.04. The molecule has 0 radical (unpaired) electrons. The molecule has 1 aliphatic carbocycles. The zero-order valence-corrected chi connectivity index (χ0v) is 27.8. The number of rotatable bonds is 2. The van der Waals surface area contributed by atoms with Gasteiger partial charge in [-0.15, -0.1) is 0 Å². The van der Waals surface area contributed by atoms with Crippen molar-refractivity contribution in [3.8, 4) is 5.75 Å². The first-order valence-corrected chi connectivity index (χ1v) is 18.3. The minimum absolute atomic E-state index is 0.115. The third-order valence-corrected chi connectivity index (χ3v) is 12.1. The van der Waals surface area contributed by atoms with Crippen LogP contribution in [0.25, 0.3) is 0 Å². The first kappa shape index (κ1) is 32.6. The Hall–Kier alpha value is -3.33. The number of benzene rings is 3. The van der Waals surface area contributed by atoms with Gasteiger partial charge in [-0.25, -0.2) is 13.1 Å². The number of halogens is 1. The summed E-state index contributed by atoms with van der Waals surface area (Å²) in [7, 11) is -4.07. The Balaban J connectivity index is 1.38. The summed E-state index contributed by atoms with van der Waals surface area (Å²) in [4.78, 5) is 16.0. The second kappa shape index (κ2) is 14.2. The highest BCUT2D eigenvalue weighted by atomic mass is 35.5. The number of amides is 1. The number of fused-ring (bicyclic) bond motifs is 3. The number of aliphatic hydroxyl groups excluding tert-OH is 1. The molecule has 1 fully saturated rings. The molecule has 2 N–H and O–H groups in total. The second-order valence-electron chi connectivity index (χ2n) is 13.1. The summed E-state index contributed by atoms with van der Waals surface area (Å²) in [6.07, 6.45) is 8.59. The van der Waals surface area contributed by atoms with Gasteiger partial charge < -0.3 is 14.7 Å². The maximum absolute atomic E-state index is 13.9. The zero-order valence-electron chi connectivity index (χ0n) is 26.3. The van der Waals surface area contributed by atoms with Gasteiger partial charge in [-0.2, -0.15) is 0 Å². The van der Waals surface area contributed by atoms with Gasteiger partial charge in [-0.1, -0.05) is 67.1 Å². The molecule has 46 heavy (non-hydrogen) atoms. The van der Waals surface area contributed by atoms with Crippen molar-refractivity contribution in [2.24, 2.45) is 17.8 Å². The number of nitrogens with zero attached hydrogens (tertiary/aromatic N) is 1. The second-order valence-corrected chi connectivity index (χ2v) is 15.5. The van der Waals surface area contributed by atoms with Gasteiger partial charge in [0.2, 0.25) is 10.0 Å². The summed E-state index contributed by atoms with van der Waals surface area (Å²) >= 11 is 6.33. The monoisotopic (exact) mass is 662 g/mol. The normalized spacial score (nSPS) is 27.4. The molecule has 0 aromatic heterocycles. The summed E-state index contributed by atoms with van der Waals surface area (Å²) in [6, 6.07) is 20.6. The van der Waals surface area contributed by atoms with E-state index in [-0.39, 0.29) is 29.7 Å². The van der Waals surface area contributed by atoms with Crippen molar-refractivity contribution < 1.29 is 23.1 Å². The van der Waals surface area contributed by atoms with Gasteiger partial charge in [0.05, 0.1) is 17.0 Å². The Morgan fingerprint density at radius 2 is 1.85 bits per heavy atom. The van der Waals surface area contributed by atoms with Crippen LogP contribution in [-0.2, 0) is 29.5 Å². The first-order valence-electron chi connectivity index (χ1n) is 16.4. The average molecular weight is 663 g/mol. The van der Waals surface area contributed by atoms with Crippen LogP contribution in [0.5, 0.6) is 5.75 Å². The van der Waals surface area contributed by atoms with Crippen molar-refractivity contribution in [1.29, 1.82) is 0 Å². The molecule has 3 aromatic carbocycles. The number of carbonyl (C=O) groups is 1. The van der Waals surface area contributed by atoms with Gasteiger partial charge in [0, 0.05) is 23.7 Å². The molecule has 3 aliphatic rings. The van der Waals surface area contributed by atoms with E-state index in [4.69, 9.17) is 16.3 Å². The first-order chi connectivity index (χ1) is 22.2. The van der Waals surface area contributed by atoms with E-state index in [1.54, 1.807) is 18.2 Å². The third-order valence-electron chi connectivity index (χ3n) is 10.00. The molecule has 2 aliphatic heterocycles. The van der Waals surface area contributed by atoms with Crippen LogP contribution in [0, 0.1) is 17.8 Å². The highest BCUT2D eigenvalue weighted by molar-refractivity contribution is 7.90. The van der Waals surface area contributed by atoms with Crippen molar-refractivity contribution >= 4 is 33.2 Å². The van der Waals surface area contributed by atoms with E-state index in [0.29, 0.717) is 30.3 Å². The number of hydrogen-bond acceptors (Lipinski definition) is 6. The van der Waals surface area contributed by atoms with Gasteiger partial charge in [0.1, 0.15) is 12.4 Å². The van der Waals surface area contributed by atoms with Crippen molar-refractivity contribution in [3.05, 3.63) is 106 Å². The number of allylic oxidation sites excluding steroid dienone is 1. The summed E-state index contributed by atoms with van der Waals surface area (Å²) in [5.74, 6) is 0.0802. The van der Waals surface area contributed by atoms with E-state index in [1.807, 2.05) is 67.6 Å². The number of nitrogens with one attached hydrogen (secondary N) is 1. The topological polar surface area (TPSA) is 95.9 Å². The maximum Gasteiger partial charge on any atom is 0.264 e. The molecule has 1 saturated carbocycles. The van der Waals surface area contributed by atoms with Crippen molar-refractivity contribution in [3.63, 3.8) is 0 Å². The molecule has 2 bridgehead atoms. The molecule has 2 heterocycles. The number of aliphatic hydroxyl groups is 1. The number of ether oxygens (including phenoxy) is 1. The molecule has 3 aromatic rings. The highest BCUT2D eigenvalue weighted by Gasteiger charge is 2.38. The fourth-order valence-electron chi connectivity index (χ4n) is 7.09. The summed E-state index contributed by atoms with van der Waals surface area (Å²) < 4.78 is 36.6. The Morgan fingerprint density at radius 3 is 2.63 bits per heavy atom. The minimum Gasteiger partial charge on any atom is -0.487 e. The number of sulfonamides is 1. The molecule has 6 rings (SSSR count). The molecular formula is C37H43ClN2O5S. The van der Waals surface area contributed by atoms with Crippen LogP contribution in [0.3, 0.4) is 0 Å². The zero-order chi connectivity index (χ0) is 32.3. The standard InChI is InChI=1S/C37H43ClN2O5S/c1-25-8-7-12-34(41)32-17-14-29(32)23-40-19-6-5-11-27-21-31(38)16-13-30(27)24-45-35-18-15-28(22-33(35)40)37(42)39-46(43,44)36(25)20-26-9-3-2-4-10-26/h2-4,7,9-10,12-13,15-16,18,21-22,25,29,32,34,36,41H,5-6,8,11,14,17,19-20,23-24H2,1H3,(H,39,42)/b12-7+/t25-,29?,32-,34+,36?/m1/s1. The van der Waals surface area contributed by atoms with E-state index in [2.05, 4.69) is 9.62 Å². The van der Waals surface area contributed by atoms with Gasteiger partial charge in [-0.05, 0) is 110 Å². The molecule has 244 valence electrons. The van der Waals surface area contributed by atoms with Crippen LogP contribution in [0.15, 0.2) is 78.9 Å². The lowest BCUT2D eigenvalue weighted by Gasteiger charge is -2.42. The Morgan fingerprint density at radius 1 is 1.02 bits per heavy atom. The largest absolute Gasteiger partial charge is 0.487 e. The lowest BCUT2D eigenvalue weighted by atomic mass is 9.70. The van der Waals surface area contributed by atoms with Crippen LogP contribution in [0.1, 0.15) is 66.1 Å². The number of aryl methyl sites for hydroxylation is 1. The minimum atomic E-state index is -4.07. The lowest BCUT2D eigenvalue weighted by molar-refractivity contribution is 0.0461. The molecular weight excluding hydrogens is 620 g/mol. The van der Waals surface area contributed by atoms with Gasteiger partial charge in [0.25, 0.3) is 5.91 Å². The van der Waals surface area contributed by atoms with E-state index in [1.165, 1.54) is 5.56 Å². The molecule has 7 nitrogen and oxygen atoms in total. The van der Waals surface area contributed by atoms with E-state index >= 15 is 0 Å². The molecule has 1 amide bonds. The van der Waals surface area contributed by atoms with Crippen LogP contribution in [-0.4, -0.2) is 43.9 Å². The molecule has 5 atom stereocenters. The van der Waals surface area contributed by atoms with E-state index < -0.39 is 27.3 Å². The molecule has 0 spiro atoms. The Kier molecular flexibility index (Phi) is 10.1. The van der Waals surface area contributed by atoms with E-state index in [9.17, 15) is 18.3 Å². The van der Waals surface area contributed by atoms with Crippen LogP contribution < -0.4 is 14.4 Å². The predicted molar refractivity (Wildman–Crippen MR) is 183 cm³/mol. The summed E-state index contributed by atoms with van der Waals surface area (Å²) in [5, 5.41) is 11.1. The van der Waals surface area contributed by atoms with E-state index in [0.717, 1.165) is 55.5 Å². The maximum atomic E-state index is 13.9.